The predicted octanol–water partition coefficient (Wildman–Crippen LogP) is 0.891. The summed E-state index contributed by atoms with van der Waals surface area (Å²) in [7, 11) is 1.29. The van der Waals surface area contributed by atoms with Crippen LogP contribution in [0, 0.1) is 0 Å². The van der Waals surface area contributed by atoms with Gasteiger partial charge in [-0.2, -0.15) is 0 Å². The lowest BCUT2D eigenvalue weighted by Gasteiger charge is -2.06. The maximum Gasteiger partial charge on any atom is 0.306 e. The van der Waals surface area contributed by atoms with E-state index >= 15 is 0 Å². The lowest BCUT2D eigenvalue weighted by Crippen LogP contribution is -2.13. The van der Waals surface area contributed by atoms with Crippen molar-refractivity contribution in [2.75, 3.05) is 7.11 Å². The van der Waals surface area contributed by atoms with Crippen LogP contribution in [0.15, 0.2) is 0 Å². The van der Waals surface area contributed by atoms with Gasteiger partial charge in [0.15, 0.2) is 0 Å². The Hall–Kier alpha value is -1.06. The molecule has 0 amide bonds. The summed E-state index contributed by atoms with van der Waals surface area (Å²) in [5.41, 5.74) is 0. The van der Waals surface area contributed by atoms with Crippen molar-refractivity contribution in [1.29, 1.82) is 0 Å². The maximum atomic E-state index is 10.8. The van der Waals surface area contributed by atoms with Gasteiger partial charge in [0.1, 0.15) is 0 Å². The molecule has 4 nitrogen and oxygen atoms in total. The fraction of sp³-hybridized carbons (Fsp3) is 0.750. The van der Waals surface area contributed by atoms with Crippen molar-refractivity contribution in [3.8, 4) is 0 Å². The third-order valence-corrected chi connectivity index (χ3v) is 1.13. The summed E-state index contributed by atoms with van der Waals surface area (Å²) in [4.78, 5) is 21.4. The minimum Gasteiger partial charge on any atom is -0.469 e. The Morgan fingerprint density at radius 2 is 1.67 bits per heavy atom. The van der Waals surface area contributed by atoms with E-state index in [0.29, 0.717) is 0 Å². The largest absolute Gasteiger partial charge is 0.469 e. The van der Waals surface area contributed by atoms with Gasteiger partial charge in [-0.1, -0.05) is 0 Å². The molecule has 0 heterocycles. The molecule has 0 aliphatic rings. The highest BCUT2D eigenvalue weighted by molar-refractivity contribution is 5.77. The first-order chi connectivity index (χ1) is 5.56. The van der Waals surface area contributed by atoms with Gasteiger partial charge in [0.25, 0.3) is 0 Å². The molecule has 0 aliphatic carbocycles. The van der Waals surface area contributed by atoms with Crippen LogP contribution in [0.1, 0.15) is 26.7 Å². The summed E-state index contributed by atoms with van der Waals surface area (Å²) >= 11 is 0. The van der Waals surface area contributed by atoms with Crippen molar-refractivity contribution < 1.29 is 19.1 Å². The Kier molecular flexibility index (Phi) is 5.08. The zero-order valence-electron chi connectivity index (χ0n) is 7.62. The minimum atomic E-state index is -0.393. The van der Waals surface area contributed by atoms with Crippen LogP contribution in [0.25, 0.3) is 0 Å². The van der Waals surface area contributed by atoms with E-state index in [1.807, 2.05) is 0 Å². The van der Waals surface area contributed by atoms with Crippen LogP contribution in [0.3, 0.4) is 0 Å². The molecule has 0 aromatic heterocycles. The van der Waals surface area contributed by atoms with E-state index in [2.05, 4.69) is 4.74 Å². The molecular weight excluding hydrogens is 160 g/mol. The quantitative estimate of drug-likeness (QED) is 0.594. The fourth-order valence-corrected chi connectivity index (χ4v) is 0.628. The Morgan fingerprint density at radius 1 is 1.17 bits per heavy atom. The molecule has 0 spiro atoms. The van der Waals surface area contributed by atoms with Gasteiger partial charge in [0, 0.05) is 0 Å². The summed E-state index contributed by atoms with van der Waals surface area (Å²) in [5, 5.41) is 0. The topological polar surface area (TPSA) is 52.6 Å². The Bertz CT molecular complexity index is 162. The van der Waals surface area contributed by atoms with Crippen LogP contribution < -0.4 is 0 Å². The highest BCUT2D eigenvalue weighted by Crippen LogP contribution is 1.97. The van der Waals surface area contributed by atoms with Crippen LogP contribution in [0.4, 0.5) is 0 Å². The van der Waals surface area contributed by atoms with Crippen molar-refractivity contribution in [2.45, 2.75) is 32.8 Å². The molecule has 0 saturated carbocycles. The number of carbonyl (C=O) groups excluding carboxylic acids is 2. The molecule has 0 atom stereocenters. The zero-order chi connectivity index (χ0) is 9.56. The van der Waals surface area contributed by atoms with Gasteiger partial charge in [-0.25, -0.2) is 0 Å². The smallest absolute Gasteiger partial charge is 0.306 e. The molecule has 0 rings (SSSR count). The van der Waals surface area contributed by atoms with E-state index < -0.39 is 5.97 Å². The van der Waals surface area contributed by atoms with Crippen molar-refractivity contribution >= 4 is 11.9 Å². The van der Waals surface area contributed by atoms with Crippen molar-refractivity contribution in [2.24, 2.45) is 0 Å². The van der Waals surface area contributed by atoms with Crippen LogP contribution >= 0.6 is 0 Å². The monoisotopic (exact) mass is 174 g/mol. The number of ether oxygens (including phenoxy) is 2. The molecule has 0 fully saturated rings. The summed E-state index contributed by atoms with van der Waals surface area (Å²) in [6.45, 7) is 3.52. The van der Waals surface area contributed by atoms with Crippen LogP contribution in [0.5, 0.6) is 0 Å². The van der Waals surface area contributed by atoms with E-state index in [9.17, 15) is 9.59 Å². The molecule has 4 heteroatoms. The van der Waals surface area contributed by atoms with Crippen molar-refractivity contribution in [3.63, 3.8) is 0 Å². The highest BCUT2D eigenvalue weighted by Gasteiger charge is 2.08. The van der Waals surface area contributed by atoms with E-state index in [-0.39, 0.29) is 24.9 Å². The Balaban J connectivity index is 3.51. The maximum absolute atomic E-state index is 10.8. The van der Waals surface area contributed by atoms with Crippen LogP contribution in [-0.4, -0.2) is 25.2 Å². The molecule has 0 radical (unpaired) electrons. The zero-order valence-corrected chi connectivity index (χ0v) is 7.62. The molecule has 12 heavy (non-hydrogen) atoms. The first kappa shape index (κ1) is 10.9. The number of esters is 2. The van der Waals surface area contributed by atoms with Gasteiger partial charge in [0.05, 0.1) is 26.1 Å². The number of methoxy groups -OCH3 is 1. The molecule has 0 aliphatic heterocycles. The number of hydrogen-bond donors (Lipinski definition) is 0. The lowest BCUT2D eigenvalue weighted by atomic mass is 10.3. The van der Waals surface area contributed by atoms with Crippen LogP contribution in [0.2, 0.25) is 0 Å². The van der Waals surface area contributed by atoms with Gasteiger partial charge in [-0.3, -0.25) is 9.59 Å². The van der Waals surface area contributed by atoms with Crippen molar-refractivity contribution in [1.82, 2.24) is 0 Å². The number of rotatable bonds is 4. The second-order valence-corrected chi connectivity index (χ2v) is 2.61. The van der Waals surface area contributed by atoms with Crippen molar-refractivity contribution in [3.05, 3.63) is 0 Å². The second-order valence-electron chi connectivity index (χ2n) is 2.61. The summed E-state index contributed by atoms with van der Waals surface area (Å²) in [5.74, 6) is -0.758. The standard InChI is InChI=1S/C8H14O4/c1-6(2)12-8(10)5-4-7(9)11-3/h6H,4-5H2,1-3H3. The molecule has 0 aromatic carbocycles. The highest BCUT2D eigenvalue weighted by atomic mass is 16.5. The third kappa shape index (κ3) is 5.70. The second kappa shape index (κ2) is 5.57. The molecular formula is C8H14O4. The van der Waals surface area contributed by atoms with E-state index in [1.165, 1.54) is 7.11 Å². The van der Waals surface area contributed by atoms with E-state index in [4.69, 9.17) is 4.74 Å². The Labute approximate surface area is 71.8 Å². The molecule has 0 unspecified atom stereocenters. The average Bonchev–Trinajstić information content (AvgIpc) is 1.99. The summed E-state index contributed by atoms with van der Waals surface area (Å²) in [6.07, 6.45) is 0.0440. The normalized spacial score (nSPS) is 9.67. The van der Waals surface area contributed by atoms with Gasteiger partial charge >= 0.3 is 11.9 Å². The Morgan fingerprint density at radius 3 is 2.08 bits per heavy atom. The fourth-order valence-electron chi connectivity index (χ4n) is 0.628. The summed E-state index contributed by atoms with van der Waals surface area (Å²) in [6, 6.07) is 0. The van der Waals surface area contributed by atoms with Gasteiger partial charge in [-0.15, -0.1) is 0 Å². The van der Waals surface area contributed by atoms with E-state index in [0.717, 1.165) is 0 Å². The SMILES string of the molecule is COC(=O)CCC(=O)OC(C)C. The van der Waals surface area contributed by atoms with Gasteiger partial charge in [-0.05, 0) is 13.8 Å². The molecule has 0 saturated heterocycles. The lowest BCUT2D eigenvalue weighted by molar-refractivity contribution is -0.151. The number of carbonyl (C=O) groups is 2. The molecule has 70 valence electrons. The first-order valence-electron chi connectivity index (χ1n) is 3.82. The minimum absolute atomic E-state index is 0.0854. The van der Waals surface area contributed by atoms with Crippen LogP contribution in [-0.2, 0) is 19.1 Å². The number of hydrogen-bond acceptors (Lipinski definition) is 4. The molecule has 0 bridgehead atoms. The molecule has 0 aromatic rings. The van der Waals surface area contributed by atoms with E-state index in [1.54, 1.807) is 13.8 Å². The third-order valence-electron chi connectivity index (χ3n) is 1.13. The molecule has 0 N–H and O–H groups in total. The predicted molar refractivity (Wildman–Crippen MR) is 42.5 cm³/mol. The summed E-state index contributed by atoms with van der Waals surface area (Å²) < 4.78 is 9.16. The first-order valence-corrected chi connectivity index (χ1v) is 3.82. The average molecular weight is 174 g/mol. The van der Waals surface area contributed by atoms with Gasteiger partial charge in [0.2, 0.25) is 0 Å². The van der Waals surface area contributed by atoms with Gasteiger partial charge < -0.3 is 9.47 Å².